The summed E-state index contributed by atoms with van der Waals surface area (Å²) in [6, 6.07) is 0.357. The molecule has 1 aliphatic heterocycles. The maximum absolute atomic E-state index is 12.0. The van der Waals surface area contributed by atoms with E-state index in [1.807, 2.05) is 0 Å². The van der Waals surface area contributed by atoms with Crippen LogP contribution in [0.2, 0.25) is 0 Å². The van der Waals surface area contributed by atoms with Crippen molar-refractivity contribution in [3.63, 3.8) is 0 Å². The van der Waals surface area contributed by atoms with E-state index in [0.29, 0.717) is 16.7 Å². The molecule has 0 unspecified atom stereocenters. The lowest BCUT2D eigenvalue weighted by Crippen LogP contribution is -2.25. The first kappa shape index (κ1) is 12.7. The van der Waals surface area contributed by atoms with E-state index in [4.69, 9.17) is 5.73 Å². The van der Waals surface area contributed by atoms with Gasteiger partial charge in [-0.2, -0.15) is 0 Å². The Morgan fingerprint density at radius 2 is 1.95 bits per heavy atom. The van der Waals surface area contributed by atoms with Crippen LogP contribution in [0.4, 0.5) is 10.9 Å². The molecule has 3 rings (SSSR count). The largest absolute Gasteiger partial charge is 0.382 e. The number of carbonyl (C=O) groups is 1. The van der Waals surface area contributed by atoms with Crippen LogP contribution < -0.4 is 16.0 Å². The average Bonchev–Trinajstić information content (AvgIpc) is 3.16. The molecule has 104 valence electrons. The normalized spacial score (nSPS) is 20.1. The fourth-order valence-electron chi connectivity index (χ4n) is 2.36. The SMILES string of the molecule is Nc1nc(N2CCCCCC2)sc1C(=O)NC1CC1. The first-order valence-corrected chi connectivity index (χ1v) is 7.88. The minimum absolute atomic E-state index is 0.0569. The van der Waals surface area contributed by atoms with Crippen molar-refractivity contribution in [3.05, 3.63) is 4.88 Å². The van der Waals surface area contributed by atoms with Gasteiger partial charge in [0.1, 0.15) is 10.7 Å². The molecule has 1 aromatic heterocycles. The Kier molecular flexibility index (Phi) is 3.59. The lowest BCUT2D eigenvalue weighted by Gasteiger charge is -2.18. The molecule has 1 aromatic rings. The number of amides is 1. The van der Waals surface area contributed by atoms with Crippen LogP contribution in [0.15, 0.2) is 0 Å². The van der Waals surface area contributed by atoms with Crippen LogP contribution in [0.1, 0.15) is 48.2 Å². The summed E-state index contributed by atoms with van der Waals surface area (Å²) in [5.41, 5.74) is 5.90. The third kappa shape index (κ3) is 3.00. The molecular formula is C13H20N4OS. The number of nitrogens with zero attached hydrogens (tertiary/aromatic N) is 2. The maximum atomic E-state index is 12.0. The number of aromatic nitrogens is 1. The quantitative estimate of drug-likeness (QED) is 0.888. The molecule has 1 saturated carbocycles. The summed E-state index contributed by atoms with van der Waals surface area (Å²) in [5.74, 6) is 0.320. The minimum Gasteiger partial charge on any atom is -0.382 e. The number of thiazole rings is 1. The molecule has 6 heteroatoms. The number of nitrogen functional groups attached to an aromatic ring is 1. The van der Waals surface area contributed by atoms with Gasteiger partial charge in [0, 0.05) is 19.1 Å². The fraction of sp³-hybridized carbons (Fsp3) is 0.692. The van der Waals surface area contributed by atoms with Crippen molar-refractivity contribution in [2.75, 3.05) is 23.7 Å². The molecule has 0 radical (unpaired) electrons. The van der Waals surface area contributed by atoms with Crippen molar-refractivity contribution in [2.45, 2.75) is 44.6 Å². The van der Waals surface area contributed by atoms with Gasteiger partial charge in [-0.3, -0.25) is 4.79 Å². The number of anilines is 2. The number of nitrogens with two attached hydrogens (primary N) is 1. The van der Waals surface area contributed by atoms with Crippen molar-refractivity contribution in [1.29, 1.82) is 0 Å². The van der Waals surface area contributed by atoms with Crippen molar-refractivity contribution < 1.29 is 4.79 Å². The van der Waals surface area contributed by atoms with Crippen molar-refractivity contribution >= 4 is 28.2 Å². The first-order chi connectivity index (χ1) is 9.24. The van der Waals surface area contributed by atoms with Crippen molar-refractivity contribution in [2.24, 2.45) is 0 Å². The summed E-state index contributed by atoms with van der Waals surface area (Å²) in [6.07, 6.45) is 7.14. The molecular weight excluding hydrogens is 260 g/mol. The first-order valence-electron chi connectivity index (χ1n) is 7.06. The lowest BCUT2D eigenvalue weighted by atomic mass is 10.2. The fourth-order valence-corrected chi connectivity index (χ4v) is 3.30. The molecule has 5 nitrogen and oxygen atoms in total. The van der Waals surface area contributed by atoms with Crippen LogP contribution in [-0.4, -0.2) is 30.0 Å². The predicted molar refractivity (Wildman–Crippen MR) is 77.7 cm³/mol. The second kappa shape index (κ2) is 5.36. The molecule has 1 aliphatic carbocycles. The van der Waals surface area contributed by atoms with Gasteiger partial charge in [-0.1, -0.05) is 24.2 Å². The van der Waals surface area contributed by atoms with Crippen LogP contribution in [-0.2, 0) is 0 Å². The molecule has 1 saturated heterocycles. The molecule has 0 bridgehead atoms. The summed E-state index contributed by atoms with van der Waals surface area (Å²) < 4.78 is 0. The molecule has 0 atom stereocenters. The summed E-state index contributed by atoms with van der Waals surface area (Å²) in [7, 11) is 0. The molecule has 0 aromatic carbocycles. The number of carbonyl (C=O) groups excluding carboxylic acids is 1. The minimum atomic E-state index is -0.0569. The van der Waals surface area contributed by atoms with Crippen LogP contribution in [0.3, 0.4) is 0 Å². The van der Waals surface area contributed by atoms with Crippen molar-refractivity contribution in [1.82, 2.24) is 10.3 Å². The Morgan fingerprint density at radius 1 is 1.26 bits per heavy atom. The number of nitrogens with one attached hydrogen (secondary N) is 1. The molecule has 0 spiro atoms. The summed E-state index contributed by atoms with van der Waals surface area (Å²) in [5, 5.41) is 3.88. The average molecular weight is 280 g/mol. The van der Waals surface area contributed by atoms with Crippen LogP contribution in [0.25, 0.3) is 0 Å². The third-order valence-electron chi connectivity index (χ3n) is 3.64. The van der Waals surface area contributed by atoms with Crippen LogP contribution in [0, 0.1) is 0 Å². The highest BCUT2D eigenvalue weighted by molar-refractivity contribution is 7.18. The zero-order chi connectivity index (χ0) is 13.2. The molecule has 2 aliphatic rings. The van der Waals surface area contributed by atoms with E-state index in [1.54, 1.807) is 0 Å². The zero-order valence-electron chi connectivity index (χ0n) is 11.0. The highest BCUT2D eigenvalue weighted by Crippen LogP contribution is 2.30. The van der Waals surface area contributed by atoms with E-state index in [9.17, 15) is 4.79 Å². The molecule has 3 N–H and O–H groups in total. The van der Waals surface area contributed by atoms with E-state index >= 15 is 0 Å². The van der Waals surface area contributed by atoms with Gasteiger partial charge in [0.25, 0.3) is 5.91 Å². The molecule has 1 amide bonds. The molecule has 2 fully saturated rings. The Labute approximate surface area is 117 Å². The number of rotatable bonds is 3. The van der Waals surface area contributed by atoms with E-state index in [-0.39, 0.29) is 5.91 Å². The Balaban J connectivity index is 1.73. The summed E-state index contributed by atoms with van der Waals surface area (Å²) in [6.45, 7) is 2.05. The highest BCUT2D eigenvalue weighted by atomic mass is 32.1. The third-order valence-corrected chi connectivity index (χ3v) is 4.77. The van der Waals surface area contributed by atoms with Gasteiger partial charge in [0.15, 0.2) is 5.13 Å². The van der Waals surface area contributed by atoms with Gasteiger partial charge in [0.2, 0.25) is 0 Å². The van der Waals surface area contributed by atoms with Gasteiger partial charge < -0.3 is 16.0 Å². The molecule has 19 heavy (non-hydrogen) atoms. The maximum Gasteiger partial charge on any atom is 0.265 e. The monoisotopic (exact) mass is 280 g/mol. The Hall–Kier alpha value is -1.30. The van der Waals surface area contributed by atoms with E-state index in [2.05, 4.69) is 15.2 Å². The Bertz CT molecular complexity index is 461. The summed E-state index contributed by atoms with van der Waals surface area (Å²) in [4.78, 5) is 19.3. The standard InChI is InChI=1S/C13H20N4OS/c14-11-10(12(18)15-9-5-6-9)19-13(16-11)17-7-3-1-2-4-8-17/h9H,1-8,14H2,(H,15,18). The second-order valence-corrected chi connectivity index (χ2v) is 6.34. The summed E-state index contributed by atoms with van der Waals surface area (Å²) >= 11 is 1.43. The van der Waals surface area contributed by atoms with Crippen LogP contribution >= 0.6 is 11.3 Å². The van der Waals surface area contributed by atoms with Gasteiger partial charge in [-0.25, -0.2) is 4.98 Å². The second-order valence-electron chi connectivity index (χ2n) is 5.36. The highest BCUT2D eigenvalue weighted by Gasteiger charge is 2.27. The smallest absolute Gasteiger partial charge is 0.265 e. The van der Waals surface area contributed by atoms with E-state index in [1.165, 1.54) is 37.0 Å². The van der Waals surface area contributed by atoms with Gasteiger partial charge in [-0.15, -0.1) is 0 Å². The predicted octanol–water partition coefficient (Wildman–Crippen LogP) is 2.00. The van der Waals surface area contributed by atoms with E-state index in [0.717, 1.165) is 31.1 Å². The molecule has 2 heterocycles. The van der Waals surface area contributed by atoms with E-state index < -0.39 is 0 Å². The number of hydrogen-bond donors (Lipinski definition) is 2. The topological polar surface area (TPSA) is 71.2 Å². The van der Waals surface area contributed by atoms with Gasteiger partial charge in [0.05, 0.1) is 0 Å². The zero-order valence-corrected chi connectivity index (χ0v) is 11.8. The number of hydrogen-bond acceptors (Lipinski definition) is 5. The Morgan fingerprint density at radius 3 is 2.58 bits per heavy atom. The van der Waals surface area contributed by atoms with Gasteiger partial charge >= 0.3 is 0 Å². The lowest BCUT2D eigenvalue weighted by molar-refractivity contribution is 0.0956. The van der Waals surface area contributed by atoms with Crippen molar-refractivity contribution in [3.8, 4) is 0 Å². The van der Waals surface area contributed by atoms with Crippen LogP contribution in [0.5, 0.6) is 0 Å². The van der Waals surface area contributed by atoms with Gasteiger partial charge in [-0.05, 0) is 25.7 Å².